The van der Waals surface area contributed by atoms with Gasteiger partial charge in [0, 0.05) is 17.0 Å². The number of carboxylic acids is 1. The molecule has 0 radical (unpaired) electrons. The van der Waals surface area contributed by atoms with Crippen LogP contribution in [0.15, 0.2) is 54.6 Å². The Bertz CT molecular complexity index is 1780. The average Bonchev–Trinajstić information content (AvgIpc) is 3.39. The first-order chi connectivity index (χ1) is 18.9. The van der Waals surface area contributed by atoms with Crippen LogP contribution < -0.4 is 18.9 Å². The molecule has 198 valence electrons. The van der Waals surface area contributed by atoms with Crippen LogP contribution in [-0.4, -0.2) is 63.5 Å². The van der Waals surface area contributed by atoms with Crippen LogP contribution in [0.2, 0.25) is 0 Å². The van der Waals surface area contributed by atoms with E-state index in [0.717, 1.165) is 0 Å². The molecule has 5 rings (SSSR count). The smallest absolute Gasteiger partial charge is 0.338 e. The fourth-order valence-corrected chi connectivity index (χ4v) is 4.91. The first-order valence-corrected chi connectivity index (χ1v) is 12.4. The van der Waals surface area contributed by atoms with Crippen LogP contribution in [0.5, 0.6) is 23.0 Å². The molecule has 0 aliphatic carbocycles. The number of nitrogens with one attached hydrogen (secondary N) is 1. The summed E-state index contributed by atoms with van der Waals surface area (Å²) in [5.74, 6) is 0.590. The largest absolute Gasteiger partial charge is 0.493 e. The van der Waals surface area contributed by atoms with Gasteiger partial charge in [0.25, 0.3) is 0 Å². The van der Waals surface area contributed by atoms with E-state index in [0.29, 0.717) is 56.1 Å². The zero-order valence-electron chi connectivity index (χ0n) is 21.4. The predicted molar refractivity (Wildman–Crippen MR) is 148 cm³/mol. The number of carbonyl (C=O) groups is 1. The number of benzene rings is 3. The topological polar surface area (TPSA) is 133 Å². The van der Waals surface area contributed by atoms with Crippen molar-refractivity contribution in [2.24, 2.45) is 0 Å². The summed E-state index contributed by atoms with van der Waals surface area (Å²) in [6, 6.07) is 15.6. The Balaban J connectivity index is 1.91. The molecule has 0 atom stereocenters. The van der Waals surface area contributed by atoms with Crippen LogP contribution in [0.4, 0.5) is 0 Å². The van der Waals surface area contributed by atoms with Gasteiger partial charge in [-0.2, -0.15) is 0 Å². The molecule has 0 fully saturated rings. The van der Waals surface area contributed by atoms with Crippen LogP contribution >= 0.6 is 0 Å². The maximum Gasteiger partial charge on any atom is 0.338 e. The highest BCUT2D eigenvalue weighted by molar-refractivity contribution is 7.67. The Morgan fingerprint density at radius 2 is 1.49 bits per heavy atom. The molecule has 2 heterocycles. The second kappa shape index (κ2) is 10.5. The molecule has 3 aromatic carbocycles. The lowest BCUT2D eigenvalue weighted by atomic mass is 9.92. The third-order valence-corrected chi connectivity index (χ3v) is 6.83. The number of carboxylic acid groups (broad SMARTS) is 1. The fraction of sp³-hybridized carbons (Fsp3) is 0.143. The summed E-state index contributed by atoms with van der Waals surface area (Å²) in [4.78, 5) is 25.3. The minimum Gasteiger partial charge on any atom is -0.493 e. The highest BCUT2D eigenvalue weighted by atomic mass is 32.1. The molecule has 0 amide bonds. The SMILES string of the molecule is COc1ccc(-c2c(C(=O)O)c(C(=S=O)c3nc4ccccc4[nH]3)nc3cc(OC)c(OC)cc23)cc1OC. The third-order valence-electron chi connectivity index (χ3n) is 6.28. The third kappa shape index (κ3) is 4.42. The first-order valence-electron chi connectivity index (χ1n) is 11.6. The van der Waals surface area contributed by atoms with Crippen LogP contribution in [0.3, 0.4) is 0 Å². The number of aromatic nitrogens is 3. The molecule has 0 aliphatic heterocycles. The fourth-order valence-electron chi connectivity index (χ4n) is 4.51. The molecule has 2 N–H and O–H groups in total. The van der Waals surface area contributed by atoms with Gasteiger partial charge >= 0.3 is 5.97 Å². The number of rotatable bonds is 8. The van der Waals surface area contributed by atoms with E-state index >= 15 is 0 Å². The lowest BCUT2D eigenvalue weighted by Gasteiger charge is -2.18. The van der Waals surface area contributed by atoms with Crippen molar-refractivity contribution in [3.05, 3.63) is 71.7 Å². The van der Waals surface area contributed by atoms with Crippen molar-refractivity contribution in [1.29, 1.82) is 0 Å². The number of para-hydroxylation sites is 2. The molecular formula is C28H23N3O7S. The van der Waals surface area contributed by atoms with E-state index in [1.54, 1.807) is 36.4 Å². The van der Waals surface area contributed by atoms with E-state index in [4.69, 9.17) is 18.9 Å². The van der Waals surface area contributed by atoms with Crippen molar-refractivity contribution < 1.29 is 33.1 Å². The molecule has 2 aromatic heterocycles. The van der Waals surface area contributed by atoms with Gasteiger partial charge in [-0.1, -0.05) is 18.2 Å². The molecule has 11 heteroatoms. The van der Waals surface area contributed by atoms with Crippen molar-refractivity contribution in [1.82, 2.24) is 15.0 Å². The quantitative estimate of drug-likeness (QED) is 0.216. The maximum atomic E-state index is 12.9. The second-order valence-electron chi connectivity index (χ2n) is 8.32. The molecular weight excluding hydrogens is 522 g/mol. The number of hydrogen-bond acceptors (Lipinski definition) is 8. The van der Waals surface area contributed by atoms with Gasteiger partial charge < -0.3 is 29.0 Å². The number of fused-ring (bicyclic) bond motifs is 2. The predicted octanol–water partition coefficient (Wildman–Crippen LogP) is 4.29. The monoisotopic (exact) mass is 545 g/mol. The minimum atomic E-state index is -1.28. The van der Waals surface area contributed by atoms with E-state index in [9.17, 15) is 14.1 Å². The van der Waals surface area contributed by atoms with Gasteiger partial charge in [0.1, 0.15) is 21.8 Å². The number of ether oxygens (including phenoxy) is 4. The number of imidazole rings is 1. The molecule has 0 unspecified atom stereocenters. The van der Waals surface area contributed by atoms with Crippen LogP contribution in [0.25, 0.3) is 33.1 Å². The Morgan fingerprint density at radius 3 is 2.13 bits per heavy atom. The van der Waals surface area contributed by atoms with Crippen molar-refractivity contribution in [3.63, 3.8) is 0 Å². The highest BCUT2D eigenvalue weighted by Gasteiger charge is 2.28. The van der Waals surface area contributed by atoms with Crippen molar-refractivity contribution in [2.75, 3.05) is 28.4 Å². The molecule has 0 bridgehead atoms. The maximum absolute atomic E-state index is 12.9. The van der Waals surface area contributed by atoms with Gasteiger partial charge in [-0.15, -0.1) is 0 Å². The Labute approximate surface area is 226 Å². The molecule has 39 heavy (non-hydrogen) atoms. The summed E-state index contributed by atoms with van der Waals surface area (Å²) in [7, 11) is 5.98. The average molecular weight is 546 g/mol. The van der Waals surface area contributed by atoms with Crippen molar-refractivity contribution >= 4 is 44.0 Å². The zero-order valence-corrected chi connectivity index (χ0v) is 22.2. The minimum absolute atomic E-state index is 0.0296. The van der Waals surface area contributed by atoms with Gasteiger partial charge in [0.2, 0.25) is 0 Å². The summed E-state index contributed by atoms with van der Waals surface area (Å²) in [6.07, 6.45) is 0. The second-order valence-corrected chi connectivity index (χ2v) is 8.90. The Hall–Kier alpha value is -4.90. The van der Waals surface area contributed by atoms with Crippen LogP contribution in [0.1, 0.15) is 21.9 Å². The normalized spacial score (nSPS) is 10.9. The number of methoxy groups -OCH3 is 4. The van der Waals surface area contributed by atoms with E-state index < -0.39 is 5.97 Å². The number of aromatic amines is 1. The molecule has 0 saturated heterocycles. The molecule has 5 aromatic rings. The van der Waals surface area contributed by atoms with Crippen LogP contribution in [0, 0.1) is 0 Å². The Morgan fingerprint density at radius 1 is 0.821 bits per heavy atom. The van der Waals surface area contributed by atoms with Gasteiger partial charge in [-0.05, 0) is 35.9 Å². The van der Waals surface area contributed by atoms with E-state index in [1.165, 1.54) is 28.4 Å². The van der Waals surface area contributed by atoms with Crippen LogP contribution in [-0.2, 0) is 11.3 Å². The summed E-state index contributed by atoms with van der Waals surface area (Å²) < 4.78 is 34.4. The molecule has 0 aliphatic rings. The summed E-state index contributed by atoms with van der Waals surface area (Å²) >= 11 is 0.113. The summed E-state index contributed by atoms with van der Waals surface area (Å²) in [6.45, 7) is 0. The van der Waals surface area contributed by atoms with Crippen molar-refractivity contribution in [2.45, 2.75) is 0 Å². The first kappa shape index (κ1) is 25.7. The molecule has 0 spiro atoms. The highest BCUT2D eigenvalue weighted by Crippen LogP contribution is 2.42. The van der Waals surface area contributed by atoms with Crippen molar-refractivity contribution in [3.8, 4) is 34.1 Å². The van der Waals surface area contributed by atoms with Gasteiger partial charge in [0.15, 0.2) is 28.8 Å². The Kier molecular flexibility index (Phi) is 6.90. The number of aromatic carboxylic acids is 1. The zero-order chi connectivity index (χ0) is 27.7. The lowest BCUT2D eigenvalue weighted by Crippen LogP contribution is -2.16. The van der Waals surface area contributed by atoms with Gasteiger partial charge in [0.05, 0.1) is 50.6 Å². The molecule has 0 saturated carbocycles. The molecule has 10 nitrogen and oxygen atoms in total. The number of nitrogens with zero attached hydrogens (tertiary/aromatic N) is 2. The lowest BCUT2D eigenvalue weighted by molar-refractivity contribution is 0.0697. The standard InChI is InChI=1S/C28H23N3O7S/c1-35-19-10-9-14(11-20(19)36-2)23-15-12-21(37-3)22(38-4)13-18(15)29-25(24(23)28(32)33)26(39-34)27-30-16-7-5-6-8-17(16)31-27/h5-13H,1-4H3,(H,30,31)(H,32,33). The number of H-pyrrole nitrogens is 1. The van der Waals surface area contributed by atoms with E-state index in [-0.39, 0.29) is 33.2 Å². The van der Waals surface area contributed by atoms with Gasteiger partial charge in [-0.25, -0.2) is 19.0 Å². The van der Waals surface area contributed by atoms with Gasteiger partial charge in [-0.3, -0.25) is 0 Å². The summed E-state index contributed by atoms with van der Waals surface area (Å²) in [5.41, 5.74) is 2.32. The van der Waals surface area contributed by atoms with E-state index in [1.807, 2.05) is 18.2 Å². The number of pyridine rings is 1. The van der Waals surface area contributed by atoms with E-state index in [2.05, 4.69) is 15.0 Å². The summed E-state index contributed by atoms with van der Waals surface area (Å²) in [5, 5.41) is 11.0. The number of hydrogen-bond donors (Lipinski definition) is 2.